The predicted molar refractivity (Wildman–Crippen MR) is 81.5 cm³/mol. The summed E-state index contributed by atoms with van der Waals surface area (Å²) < 4.78 is 11.1. The van der Waals surface area contributed by atoms with Crippen LogP contribution in [0.15, 0.2) is 18.2 Å². The van der Waals surface area contributed by atoms with Gasteiger partial charge >= 0.3 is 0 Å². The molecule has 1 aromatic carbocycles. The van der Waals surface area contributed by atoms with E-state index >= 15 is 0 Å². The zero-order valence-electron chi connectivity index (χ0n) is 13.1. The third-order valence-electron chi connectivity index (χ3n) is 2.98. The lowest BCUT2D eigenvalue weighted by atomic mass is 10.0. The molecule has 0 aliphatic rings. The lowest BCUT2D eigenvalue weighted by molar-refractivity contribution is 0.127. The van der Waals surface area contributed by atoms with E-state index in [1.54, 1.807) is 0 Å². The summed E-state index contributed by atoms with van der Waals surface area (Å²) in [5, 5.41) is 13.9. The summed E-state index contributed by atoms with van der Waals surface area (Å²) in [6.45, 7) is 11.1. The highest BCUT2D eigenvalue weighted by atomic mass is 16.5. The Morgan fingerprint density at radius 2 is 1.75 bits per heavy atom. The first-order valence-electron chi connectivity index (χ1n) is 7.33. The predicted octanol–water partition coefficient (Wildman–Crippen LogP) is 2.90. The molecule has 2 N–H and O–H groups in total. The van der Waals surface area contributed by atoms with E-state index in [0.29, 0.717) is 25.0 Å². The molecule has 1 rings (SSSR count). The zero-order chi connectivity index (χ0) is 15.1. The molecule has 0 spiro atoms. The average molecular weight is 281 g/mol. The maximum atomic E-state index is 10.5. The lowest BCUT2D eigenvalue weighted by Crippen LogP contribution is -2.37. The summed E-state index contributed by atoms with van der Waals surface area (Å²) >= 11 is 0. The number of hydrogen-bond acceptors (Lipinski definition) is 4. The van der Waals surface area contributed by atoms with Gasteiger partial charge in [0.25, 0.3) is 0 Å². The van der Waals surface area contributed by atoms with E-state index in [2.05, 4.69) is 19.2 Å². The van der Waals surface area contributed by atoms with Gasteiger partial charge in [0.05, 0.1) is 19.3 Å². The van der Waals surface area contributed by atoms with E-state index in [9.17, 15) is 5.11 Å². The van der Waals surface area contributed by atoms with Crippen molar-refractivity contribution in [1.29, 1.82) is 0 Å². The molecule has 2 atom stereocenters. The second-order valence-corrected chi connectivity index (χ2v) is 5.12. The van der Waals surface area contributed by atoms with E-state index in [1.807, 2.05) is 39.0 Å². The molecule has 0 aromatic heterocycles. The van der Waals surface area contributed by atoms with Gasteiger partial charge in [-0.3, -0.25) is 0 Å². The minimum absolute atomic E-state index is 0.0638. The number of ether oxygens (including phenoxy) is 2. The Hall–Kier alpha value is -1.26. The number of benzene rings is 1. The van der Waals surface area contributed by atoms with Crippen LogP contribution in [0.25, 0.3) is 0 Å². The Morgan fingerprint density at radius 1 is 1.10 bits per heavy atom. The van der Waals surface area contributed by atoms with Crippen LogP contribution in [0.4, 0.5) is 0 Å². The molecule has 20 heavy (non-hydrogen) atoms. The van der Waals surface area contributed by atoms with Crippen LogP contribution in [0.3, 0.4) is 0 Å². The summed E-state index contributed by atoms with van der Waals surface area (Å²) in [7, 11) is 0. The van der Waals surface area contributed by atoms with E-state index in [0.717, 1.165) is 11.3 Å². The normalized spacial score (nSPS) is 14.2. The summed E-state index contributed by atoms with van der Waals surface area (Å²) in [5.41, 5.74) is 0.762. The van der Waals surface area contributed by atoms with Gasteiger partial charge in [0.15, 0.2) is 0 Å². The Balaban J connectivity index is 3.00. The minimum Gasteiger partial charge on any atom is -0.494 e. The van der Waals surface area contributed by atoms with E-state index in [4.69, 9.17) is 9.47 Å². The van der Waals surface area contributed by atoms with Gasteiger partial charge in [-0.2, -0.15) is 0 Å². The fraction of sp³-hybridized carbons (Fsp3) is 0.625. The largest absolute Gasteiger partial charge is 0.494 e. The SMILES string of the molecule is CCOc1ccc(OCC)c([C@@H](O)[C@@H](C)NC(C)C)c1. The number of hydrogen-bond donors (Lipinski definition) is 2. The molecule has 4 heteroatoms. The van der Waals surface area contributed by atoms with Gasteiger partial charge in [-0.25, -0.2) is 0 Å². The van der Waals surface area contributed by atoms with Crippen LogP contribution in [0, 0.1) is 0 Å². The van der Waals surface area contributed by atoms with Crippen molar-refractivity contribution in [3.63, 3.8) is 0 Å². The van der Waals surface area contributed by atoms with Gasteiger partial charge in [-0.1, -0.05) is 13.8 Å². The van der Waals surface area contributed by atoms with E-state index in [-0.39, 0.29) is 6.04 Å². The Bertz CT molecular complexity index is 407. The molecular formula is C16H27NO3. The van der Waals surface area contributed by atoms with Crippen LogP contribution in [0.1, 0.15) is 46.3 Å². The van der Waals surface area contributed by atoms with E-state index in [1.165, 1.54) is 0 Å². The van der Waals surface area contributed by atoms with Crippen LogP contribution in [0.2, 0.25) is 0 Å². The monoisotopic (exact) mass is 281 g/mol. The van der Waals surface area contributed by atoms with Crippen LogP contribution in [0.5, 0.6) is 11.5 Å². The third kappa shape index (κ3) is 4.69. The first-order chi connectivity index (χ1) is 9.49. The van der Waals surface area contributed by atoms with Crippen molar-refractivity contribution < 1.29 is 14.6 Å². The average Bonchev–Trinajstić information content (AvgIpc) is 2.39. The highest BCUT2D eigenvalue weighted by molar-refractivity contribution is 5.42. The standard InChI is InChI=1S/C16H27NO3/c1-6-19-13-8-9-15(20-7-2)14(10-13)16(18)12(5)17-11(3)4/h8-12,16-18H,6-7H2,1-5H3/t12-,16+/m1/s1. The van der Waals surface area contributed by atoms with E-state index < -0.39 is 6.10 Å². The second-order valence-electron chi connectivity index (χ2n) is 5.12. The summed E-state index contributed by atoms with van der Waals surface area (Å²) in [6, 6.07) is 5.83. The minimum atomic E-state index is -0.639. The molecule has 1 aromatic rings. The van der Waals surface area contributed by atoms with Crippen LogP contribution < -0.4 is 14.8 Å². The summed E-state index contributed by atoms with van der Waals surface area (Å²) in [4.78, 5) is 0. The van der Waals surface area contributed by atoms with Crippen LogP contribution in [-0.4, -0.2) is 30.4 Å². The molecule has 0 amide bonds. The summed E-state index contributed by atoms with van der Waals surface area (Å²) in [5.74, 6) is 1.46. The molecule has 0 saturated carbocycles. The first-order valence-corrected chi connectivity index (χ1v) is 7.33. The van der Waals surface area contributed by atoms with Crippen LogP contribution >= 0.6 is 0 Å². The number of aliphatic hydroxyl groups excluding tert-OH is 1. The molecule has 0 bridgehead atoms. The van der Waals surface area contributed by atoms with Crippen molar-refractivity contribution in [1.82, 2.24) is 5.32 Å². The molecule has 0 aliphatic carbocycles. The molecule has 0 saturated heterocycles. The highest BCUT2D eigenvalue weighted by Crippen LogP contribution is 2.31. The van der Waals surface area contributed by atoms with Crippen molar-refractivity contribution in [2.45, 2.75) is 52.8 Å². The van der Waals surface area contributed by atoms with Crippen LogP contribution in [-0.2, 0) is 0 Å². The van der Waals surface area contributed by atoms with Crippen molar-refractivity contribution in [2.75, 3.05) is 13.2 Å². The van der Waals surface area contributed by atoms with Crippen molar-refractivity contribution in [3.8, 4) is 11.5 Å². The molecule has 0 radical (unpaired) electrons. The Kier molecular flexibility index (Phi) is 6.82. The first kappa shape index (κ1) is 16.8. The molecule has 4 nitrogen and oxygen atoms in total. The van der Waals surface area contributed by atoms with Gasteiger partial charge in [0.1, 0.15) is 11.5 Å². The zero-order valence-corrected chi connectivity index (χ0v) is 13.1. The fourth-order valence-electron chi connectivity index (χ4n) is 2.19. The lowest BCUT2D eigenvalue weighted by Gasteiger charge is -2.25. The second kappa shape index (κ2) is 8.12. The molecule has 0 heterocycles. The Labute approximate surface area is 122 Å². The maximum Gasteiger partial charge on any atom is 0.125 e. The maximum absolute atomic E-state index is 10.5. The van der Waals surface area contributed by atoms with Crippen molar-refractivity contribution >= 4 is 0 Å². The van der Waals surface area contributed by atoms with Gasteiger partial charge < -0.3 is 19.9 Å². The van der Waals surface area contributed by atoms with Crippen molar-refractivity contribution in [2.24, 2.45) is 0 Å². The van der Waals surface area contributed by atoms with Crippen molar-refractivity contribution in [3.05, 3.63) is 23.8 Å². The quantitative estimate of drug-likeness (QED) is 0.769. The molecule has 0 fully saturated rings. The number of rotatable bonds is 8. The van der Waals surface area contributed by atoms with Gasteiger partial charge in [0, 0.05) is 17.6 Å². The highest BCUT2D eigenvalue weighted by Gasteiger charge is 2.21. The smallest absolute Gasteiger partial charge is 0.125 e. The summed E-state index contributed by atoms with van der Waals surface area (Å²) in [6.07, 6.45) is -0.639. The van der Waals surface area contributed by atoms with Gasteiger partial charge in [-0.05, 0) is 39.0 Å². The molecule has 114 valence electrons. The molecule has 0 unspecified atom stereocenters. The molecule has 0 aliphatic heterocycles. The number of nitrogens with one attached hydrogen (secondary N) is 1. The number of aliphatic hydroxyl groups is 1. The van der Waals surface area contributed by atoms with Gasteiger partial charge in [0.2, 0.25) is 0 Å². The van der Waals surface area contributed by atoms with Gasteiger partial charge in [-0.15, -0.1) is 0 Å². The topological polar surface area (TPSA) is 50.7 Å². The molecular weight excluding hydrogens is 254 g/mol. The third-order valence-corrected chi connectivity index (χ3v) is 2.98. The fourth-order valence-corrected chi connectivity index (χ4v) is 2.19. The Morgan fingerprint density at radius 3 is 2.30 bits per heavy atom.